The van der Waals surface area contributed by atoms with Crippen LogP contribution in [-0.4, -0.2) is 46.4 Å². The molecule has 0 radical (unpaired) electrons. The third kappa shape index (κ3) is 2.70. The van der Waals surface area contributed by atoms with Gasteiger partial charge in [-0.1, -0.05) is 13.8 Å². The summed E-state index contributed by atoms with van der Waals surface area (Å²) in [6, 6.07) is 6.63. The fourth-order valence-electron chi connectivity index (χ4n) is 3.10. The molecule has 0 spiro atoms. The highest BCUT2D eigenvalue weighted by molar-refractivity contribution is 5.66. The minimum Gasteiger partial charge on any atom is -0.491 e. The maximum absolute atomic E-state index is 6.08. The first-order chi connectivity index (χ1) is 9.55. The van der Waals surface area contributed by atoms with Crippen LogP contribution < -0.4 is 19.9 Å². The molecule has 4 nitrogen and oxygen atoms in total. The Balaban J connectivity index is 1.87. The molecule has 1 N–H and O–H groups in total. The van der Waals surface area contributed by atoms with E-state index in [2.05, 4.69) is 54.2 Å². The van der Waals surface area contributed by atoms with Crippen LogP contribution in [0.3, 0.4) is 0 Å². The molecule has 20 heavy (non-hydrogen) atoms. The largest absolute Gasteiger partial charge is 0.491 e. The van der Waals surface area contributed by atoms with Gasteiger partial charge in [-0.3, -0.25) is 0 Å². The van der Waals surface area contributed by atoms with Gasteiger partial charge in [0.2, 0.25) is 0 Å². The summed E-state index contributed by atoms with van der Waals surface area (Å²) >= 11 is 0. The standard InChI is InChI=1S/C16H25N3O/c1-16(2)11-18(3)14-5-4-13(10-15(14)20-12-16)19-8-6-17-7-9-19/h4-5,10,17H,6-9,11-12H2,1-3H3. The molecule has 0 atom stereocenters. The molecular weight excluding hydrogens is 250 g/mol. The number of piperazine rings is 1. The lowest BCUT2D eigenvalue weighted by Gasteiger charge is -2.30. The Labute approximate surface area is 121 Å². The predicted octanol–water partition coefficient (Wildman–Crippen LogP) is 1.95. The average Bonchev–Trinajstić information content (AvgIpc) is 2.56. The number of hydrogen-bond donors (Lipinski definition) is 1. The van der Waals surface area contributed by atoms with Crippen LogP contribution in [0.1, 0.15) is 13.8 Å². The van der Waals surface area contributed by atoms with Gasteiger partial charge >= 0.3 is 0 Å². The predicted molar refractivity (Wildman–Crippen MR) is 84.1 cm³/mol. The second-order valence-electron chi connectivity index (χ2n) is 6.70. The van der Waals surface area contributed by atoms with E-state index in [1.807, 2.05) is 0 Å². The molecule has 1 fully saturated rings. The Kier molecular flexibility index (Phi) is 3.50. The van der Waals surface area contributed by atoms with E-state index >= 15 is 0 Å². The molecule has 1 saturated heterocycles. The Bertz CT molecular complexity index is 481. The second-order valence-corrected chi connectivity index (χ2v) is 6.70. The normalized spacial score (nSPS) is 21.9. The molecule has 1 aromatic carbocycles. The number of benzene rings is 1. The van der Waals surface area contributed by atoms with Crippen molar-refractivity contribution in [2.24, 2.45) is 5.41 Å². The maximum atomic E-state index is 6.08. The van der Waals surface area contributed by atoms with Gasteiger partial charge in [0.1, 0.15) is 5.75 Å². The molecule has 0 amide bonds. The maximum Gasteiger partial charge on any atom is 0.144 e. The average molecular weight is 275 g/mol. The monoisotopic (exact) mass is 275 g/mol. The number of rotatable bonds is 1. The lowest BCUT2D eigenvalue weighted by molar-refractivity contribution is 0.196. The fraction of sp³-hybridized carbons (Fsp3) is 0.625. The third-order valence-corrected chi connectivity index (χ3v) is 4.12. The van der Waals surface area contributed by atoms with Crippen molar-refractivity contribution >= 4 is 11.4 Å². The summed E-state index contributed by atoms with van der Waals surface area (Å²) in [5.41, 5.74) is 2.66. The van der Waals surface area contributed by atoms with Gasteiger partial charge in [-0.2, -0.15) is 0 Å². The summed E-state index contributed by atoms with van der Waals surface area (Å²) in [4.78, 5) is 4.74. The molecule has 1 aromatic rings. The van der Waals surface area contributed by atoms with Crippen LogP contribution in [-0.2, 0) is 0 Å². The number of hydrogen-bond acceptors (Lipinski definition) is 4. The molecule has 2 aliphatic rings. The van der Waals surface area contributed by atoms with E-state index in [1.165, 1.54) is 11.4 Å². The molecule has 0 aliphatic carbocycles. The van der Waals surface area contributed by atoms with Crippen molar-refractivity contribution in [3.05, 3.63) is 18.2 Å². The number of fused-ring (bicyclic) bond motifs is 1. The zero-order valence-corrected chi connectivity index (χ0v) is 12.8. The van der Waals surface area contributed by atoms with Crippen molar-refractivity contribution in [1.82, 2.24) is 5.32 Å². The van der Waals surface area contributed by atoms with E-state index in [9.17, 15) is 0 Å². The molecule has 2 heterocycles. The zero-order chi connectivity index (χ0) is 14.2. The highest BCUT2D eigenvalue weighted by Gasteiger charge is 2.27. The van der Waals surface area contributed by atoms with Gasteiger partial charge in [0.05, 0.1) is 12.3 Å². The van der Waals surface area contributed by atoms with Crippen LogP contribution in [0.15, 0.2) is 18.2 Å². The first-order valence-electron chi connectivity index (χ1n) is 7.49. The van der Waals surface area contributed by atoms with Gasteiger partial charge in [-0.15, -0.1) is 0 Å². The van der Waals surface area contributed by atoms with Gasteiger partial charge in [0, 0.05) is 56.9 Å². The van der Waals surface area contributed by atoms with Crippen LogP contribution in [0.25, 0.3) is 0 Å². The van der Waals surface area contributed by atoms with Gasteiger partial charge < -0.3 is 19.9 Å². The molecule has 0 bridgehead atoms. The van der Waals surface area contributed by atoms with Gasteiger partial charge in [-0.25, -0.2) is 0 Å². The first-order valence-corrected chi connectivity index (χ1v) is 7.49. The molecule has 4 heteroatoms. The highest BCUT2D eigenvalue weighted by Crippen LogP contribution is 2.37. The zero-order valence-electron chi connectivity index (χ0n) is 12.8. The number of nitrogens with one attached hydrogen (secondary N) is 1. The summed E-state index contributed by atoms with van der Waals surface area (Å²) in [5, 5.41) is 3.39. The van der Waals surface area contributed by atoms with Crippen molar-refractivity contribution in [2.45, 2.75) is 13.8 Å². The topological polar surface area (TPSA) is 27.7 Å². The van der Waals surface area contributed by atoms with Crippen LogP contribution in [0.5, 0.6) is 5.75 Å². The Morgan fingerprint density at radius 1 is 1.20 bits per heavy atom. The van der Waals surface area contributed by atoms with Crippen molar-refractivity contribution < 1.29 is 4.74 Å². The van der Waals surface area contributed by atoms with Crippen LogP contribution in [0, 0.1) is 5.41 Å². The molecule has 110 valence electrons. The van der Waals surface area contributed by atoms with E-state index in [4.69, 9.17) is 4.74 Å². The lowest BCUT2D eigenvalue weighted by atomic mass is 9.94. The van der Waals surface area contributed by atoms with E-state index < -0.39 is 0 Å². The van der Waals surface area contributed by atoms with Crippen LogP contribution >= 0.6 is 0 Å². The number of ether oxygens (including phenoxy) is 1. The number of nitrogens with zero attached hydrogens (tertiary/aromatic N) is 2. The molecule has 0 saturated carbocycles. The lowest BCUT2D eigenvalue weighted by Crippen LogP contribution is -2.43. The summed E-state index contributed by atoms with van der Waals surface area (Å²) < 4.78 is 6.08. The van der Waals surface area contributed by atoms with Crippen molar-refractivity contribution in [3.63, 3.8) is 0 Å². The third-order valence-electron chi connectivity index (χ3n) is 4.12. The van der Waals surface area contributed by atoms with Crippen LogP contribution in [0.4, 0.5) is 11.4 Å². The Morgan fingerprint density at radius 3 is 2.70 bits per heavy atom. The first kappa shape index (κ1) is 13.6. The van der Waals surface area contributed by atoms with Crippen molar-refractivity contribution in [1.29, 1.82) is 0 Å². The molecule has 0 aromatic heterocycles. The fourth-order valence-corrected chi connectivity index (χ4v) is 3.10. The van der Waals surface area contributed by atoms with Gasteiger partial charge in [0.25, 0.3) is 0 Å². The molecule has 2 aliphatic heterocycles. The summed E-state index contributed by atoms with van der Waals surface area (Å²) in [6.07, 6.45) is 0. The van der Waals surface area contributed by atoms with Gasteiger partial charge in [-0.05, 0) is 12.1 Å². The van der Waals surface area contributed by atoms with E-state index in [-0.39, 0.29) is 5.41 Å². The summed E-state index contributed by atoms with van der Waals surface area (Å²) in [5.74, 6) is 1.02. The quantitative estimate of drug-likeness (QED) is 0.848. The molecule has 3 rings (SSSR count). The van der Waals surface area contributed by atoms with Gasteiger partial charge in [0.15, 0.2) is 0 Å². The minimum atomic E-state index is 0.184. The SMILES string of the molecule is CN1CC(C)(C)COc2cc(N3CCNCC3)ccc21. The Hall–Kier alpha value is -1.42. The van der Waals surface area contributed by atoms with Crippen molar-refractivity contribution in [2.75, 3.05) is 56.2 Å². The van der Waals surface area contributed by atoms with Crippen molar-refractivity contribution in [3.8, 4) is 5.75 Å². The van der Waals surface area contributed by atoms with E-state index in [0.29, 0.717) is 0 Å². The smallest absolute Gasteiger partial charge is 0.144 e. The summed E-state index contributed by atoms with van der Waals surface area (Å²) in [7, 11) is 2.15. The summed E-state index contributed by atoms with van der Waals surface area (Å²) in [6.45, 7) is 10.6. The number of anilines is 2. The molecular formula is C16H25N3O. The highest BCUT2D eigenvalue weighted by atomic mass is 16.5. The molecule has 0 unspecified atom stereocenters. The second kappa shape index (κ2) is 5.17. The van der Waals surface area contributed by atoms with Crippen LogP contribution in [0.2, 0.25) is 0 Å². The van der Waals surface area contributed by atoms with E-state index in [1.54, 1.807) is 0 Å². The Morgan fingerprint density at radius 2 is 1.95 bits per heavy atom. The minimum absolute atomic E-state index is 0.184. The van der Waals surface area contributed by atoms with E-state index in [0.717, 1.165) is 45.1 Å².